The van der Waals surface area contributed by atoms with Gasteiger partial charge in [0.15, 0.2) is 0 Å². The number of benzene rings is 1. The number of H-pyrrole nitrogens is 1. The van der Waals surface area contributed by atoms with Gasteiger partial charge in [-0.2, -0.15) is 0 Å². The number of nitrogens with zero attached hydrogens (tertiary/aromatic N) is 4. The molecule has 2 saturated heterocycles. The standard InChI is InChI=1S/C23H29N5O3/c29-20-15-23(9-3-4-10-23)16-21(30)28(20)14-11-24-31-17-7-12-27(13-8-17)22-25-18-5-1-2-6-19(18)26-22/h1-2,5-6,11,17H,3-4,7-10,12-16H2,(H,25,26)/b24-11+. The molecule has 1 aliphatic carbocycles. The van der Waals surface area contributed by atoms with Crippen LogP contribution in [0.2, 0.25) is 0 Å². The molecule has 2 amide bonds. The summed E-state index contributed by atoms with van der Waals surface area (Å²) in [5.41, 5.74) is 1.95. The molecule has 0 radical (unpaired) electrons. The van der Waals surface area contributed by atoms with E-state index in [2.05, 4.69) is 20.0 Å². The van der Waals surface area contributed by atoms with Crippen LogP contribution in [0.25, 0.3) is 11.0 Å². The molecule has 0 atom stereocenters. The number of anilines is 1. The molecule has 3 fully saturated rings. The maximum Gasteiger partial charge on any atom is 0.230 e. The third-order valence-corrected chi connectivity index (χ3v) is 6.99. The second-order valence-corrected chi connectivity index (χ2v) is 9.12. The minimum atomic E-state index is -0.0660. The number of nitrogens with one attached hydrogen (secondary N) is 1. The molecular weight excluding hydrogens is 394 g/mol. The molecule has 0 unspecified atom stereocenters. The van der Waals surface area contributed by atoms with E-state index in [9.17, 15) is 9.59 Å². The van der Waals surface area contributed by atoms with Gasteiger partial charge in [0.2, 0.25) is 17.8 Å². The predicted molar refractivity (Wildman–Crippen MR) is 118 cm³/mol. The first kappa shape index (κ1) is 20.0. The minimum absolute atomic E-state index is 0.0337. The molecule has 5 rings (SSSR count). The number of oxime groups is 1. The average Bonchev–Trinajstić information content (AvgIpc) is 3.40. The summed E-state index contributed by atoms with van der Waals surface area (Å²) in [5, 5.41) is 4.07. The van der Waals surface area contributed by atoms with Gasteiger partial charge < -0.3 is 14.7 Å². The Morgan fingerprint density at radius 3 is 2.55 bits per heavy atom. The second-order valence-electron chi connectivity index (χ2n) is 9.12. The number of para-hydroxylation sites is 2. The zero-order valence-corrected chi connectivity index (χ0v) is 17.8. The number of imide groups is 1. The number of aromatic nitrogens is 2. The third-order valence-electron chi connectivity index (χ3n) is 6.99. The lowest BCUT2D eigenvalue weighted by Gasteiger charge is -2.36. The first-order valence-electron chi connectivity index (χ1n) is 11.3. The molecule has 1 N–H and O–H groups in total. The van der Waals surface area contributed by atoms with Crippen molar-refractivity contribution >= 4 is 35.0 Å². The van der Waals surface area contributed by atoms with Gasteiger partial charge in [-0.15, -0.1) is 0 Å². The van der Waals surface area contributed by atoms with Gasteiger partial charge in [-0.05, 0) is 30.4 Å². The normalized spacial score (nSPS) is 22.3. The summed E-state index contributed by atoms with van der Waals surface area (Å²) in [6.07, 6.45) is 8.53. The fourth-order valence-electron chi connectivity index (χ4n) is 5.22. The molecule has 31 heavy (non-hydrogen) atoms. The van der Waals surface area contributed by atoms with Crippen molar-refractivity contribution in [2.45, 2.75) is 57.5 Å². The molecule has 0 bridgehead atoms. The van der Waals surface area contributed by atoms with E-state index in [4.69, 9.17) is 4.84 Å². The molecule has 3 aliphatic rings. The van der Waals surface area contributed by atoms with E-state index in [1.165, 1.54) is 4.90 Å². The minimum Gasteiger partial charge on any atom is -0.393 e. The van der Waals surface area contributed by atoms with Gasteiger partial charge in [-0.25, -0.2) is 4.98 Å². The number of carbonyl (C=O) groups excluding carboxylic acids is 2. The number of amides is 2. The fourth-order valence-corrected chi connectivity index (χ4v) is 5.22. The first-order chi connectivity index (χ1) is 15.1. The number of carbonyl (C=O) groups is 2. The Balaban J connectivity index is 1.08. The lowest BCUT2D eigenvalue weighted by molar-refractivity contribution is -0.152. The van der Waals surface area contributed by atoms with Crippen molar-refractivity contribution in [3.05, 3.63) is 24.3 Å². The van der Waals surface area contributed by atoms with E-state index in [0.717, 1.165) is 68.6 Å². The second kappa shape index (κ2) is 8.32. The molecule has 1 saturated carbocycles. The van der Waals surface area contributed by atoms with Gasteiger partial charge in [0.05, 0.1) is 23.8 Å². The molecule has 3 heterocycles. The Bertz CT molecular complexity index is 933. The smallest absolute Gasteiger partial charge is 0.230 e. The van der Waals surface area contributed by atoms with E-state index in [-0.39, 0.29) is 29.9 Å². The third kappa shape index (κ3) is 4.16. The molecule has 2 aromatic rings. The lowest BCUT2D eigenvalue weighted by Crippen LogP contribution is -2.47. The van der Waals surface area contributed by atoms with Crippen molar-refractivity contribution in [3.8, 4) is 0 Å². The maximum atomic E-state index is 12.5. The zero-order valence-electron chi connectivity index (χ0n) is 17.8. The lowest BCUT2D eigenvalue weighted by atomic mass is 9.76. The highest BCUT2D eigenvalue weighted by Gasteiger charge is 2.44. The van der Waals surface area contributed by atoms with Crippen molar-refractivity contribution in [2.24, 2.45) is 10.6 Å². The number of piperidine rings is 2. The summed E-state index contributed by atoms with van der Waals surface area (Å²) in [7, 11) is 0. The highest BCUT2D eigenvalue weighted by Crippen LogP contribution is 2.46. The fraction of sp³-hybridized carbons (Fsp3) is 0.565. The van der Waals surface area contributed by atoms with E-state index in [1.807, 2.05) is 24.3 Å². The van der Waals surface area contributed by atoms with Gasteiger partial charge in [0.1, 0.15) is 6.10 Å². The van der Waals surface area contributed by atoms with Crippen molar-refractivity contribution in [3.63, 3.8) is 0 Å². The molecule has 1 aromatic heterocycles. The Morgan fingerprint density at radius 1 is 1.13 bits per heavy atom. The Labute approximate surface area is 181 Å². The number of hydrogen-bond acceptors (Lipinski definition) is 6. The van der Waals surface area contributed by atoms with Gasteiger partial charge in [0.25, 0.3) is 0 Å². The van der Waals surface area contributed by atoms with Crippen LogP contribution in [0, 0.1) is 5.41 Å². The molecule has 2 aliphatic heterocycles. The zero-order chi connectivity index (χ0) is 21.3. The Hall–Kier alpha value is -2.90. The Kier molecular flexibility index (Phi) is 5.38. The van der Waals surface area contributed by atoms with Crippen molar-refractivity contribution < 1.29 is 14.4 Å². The summed E-state index contributed by atoms with van der Waals surface area (Å²) in [6, 6.07) is 8.02. The van der Waals surface area contributed by atoms with E-state index >= 15 is 0 Å². The van der Waals surface area contributed by atoms with Gasteiger partial charge in [0, 0.05) is 38.8 Å². The quantitative estimate of drug-likeness (QED) is 0.453. The number of hydrogen-bond donors (Lipinski definition) is 1. The first-order valence-corrected chi connectivity index (χ1v) is 11.3. The average molecular weight is 424 g/mol. The summed E-state index contributed by atoms with van der Waals surface area (Å²) in [6.45, 7) is 1.88. The van der Waals surface area contributed by atoms with Crippen LogP contribution in [0.1, 0.15) is 51.4 Å². The van der Waals surface area contributed by atoms with Crippen LogP contribution in [-0.2, 0) is 14.4 Å². The molecule has 8 heteroatoms. The molecule has 1 spiro atoms. The number of rotatable bonds is 5. The summed E-state index contributed by atoms with van der Waals surface area (Å²) >= 11 is 0. The van der Waals surface area contributed by atoms with Crippen LogP contribution in [0.5, 0.6) is 0 Å². The van der Waals surface area contributed by atoms with E-state index < -0.39 is 0 Å². The monoisotopic (exact) mass is 423 g/mol. The number of aromatic amines is 1. The predicted octanol–water partition coefficient (Wildman–Crippen LogP) is 3.24. The van der Waals surface area contributed by atoms with Crippen LogP contribution in [0.4, 0.5) is 5.95 Å². The molecular formula is C23H29N5O3. The van der Waals surface area contributed by atoms with Crippen LogP contribution in [0.15, 0.2) is 29.4 Å². The SMILES string of the molecule is O=C1CC2(CCCC2)CC(=O)N1C/C=N/OC1CCN(c2nc3ccccc3[nH]2)CC1. The molecule has 8 nitrogen and oxygen atoms in total. The van der Waals surface area contributed by atoms with Crippen LogP contribution in [-0.4, -0.2) is 58.6 Å². The van der Waals surface area contributed by atoms with Crippen LogP contribution < -0.4 is 4.90 Å². The largest absolute Gasteiger partial charge is 0.393 e. The Morgan fingerprint density at radius 2 is 1.84 bits per heavy atom. The summed E-state index contributed by atoms with van der Waals surface area (Å²) in [4.78, 5) is 42.2. The van der Waals surface area contributed by atoms with Crippen LogP contribution >= 0.6 is 0 Å². The number of imidazole rings is 1. The summed E-state index contributed by atoms with van der Waals surface area (Å²) < 4.78 is 0. The van der Waals surface area contributed by atoms with Crippen molar-refractivity contribution in [1.29, 1.82) is 0 Å². The van der Waals surface area contributed by atoms with E-state index in [0.29, 0.717) is 12.8 Å². The maximum absolute atomic E-state index is 12.5. The number of fused-ring (bicyclic) bond motifs is 1. The molecule has 164 valence electrons. The van der Waals surface area contributed by atoms with Crippen molar-refractivity contribution in [2.75, 3.05) is 24.5 Å². The highest BCUT2D eigenvalue weighted by atomic mass is 16.6. The summed E-state index contributed by atoms with van der Waals surface area (Å²) in [5.74, 6) is 0.762. The van der Waals surface area contributed by atoms with Crippen LogP contribution in [0.3, 0.4) is 0 Å². The van der Waals surface area contributed by atoms with Gasteiger partial charge in [-0.3, -0.25) is 14.5 Å². The van der Waals surface area contributed by atoms with Gasteiger partial charge >= 0.3 is 0 Å². The molecule has 1 aromatic carbocycles. The van der Waals surface area contributed by atoms with Crippen molar-refractivity contribution in [1.82, 2.24) is 14.9 Å². The van der Waals surface area contributed by atoms with Gasteiger partial charge in [-0.1, -0.05) is 30.1 Å². The number of likely N-dealkylation sites (tertiary alicyclic amines) is 1. The van der Waals surface area contributed by atoms with E-state index in [1.54, 1.807) is 6.21 Å². The highest BCUT2D eigenvalue weighted by molar-refractivity contribution is 6.00. The topological polar surface area (TPSA) is 90.9 Å².